The zero-order valence-electron chi connectivity index (χ0n) is 12.0. The van der Waals surface area contributed by atoms with E-state index < -0.39 is 0 Å². The molecular formula is C13H20N4OS. The van der Waals surface area contributed by atoms with Gasteiger partial charge in [0.2, 0.25) is 0 Å². The summed E-state index contributed by atoms with van der Waals surface area (Å²) in [5.41, 5.74) is 2.12. The van der Waals surface area contributed by atoms with Crippen molar-refractivity contribution in [3.8, 4) is 5.75 Å². The van der Waals surface area contributed by atoms with Gasteiger partial charge in [-0.15, -0.1) is 11.3 Å². The average molecular weight is 280 g/mol. The Morgan fingerprint density at radius 1 is 1.47 bits per heavy atom. The molecule has 0 saturated heterocycles. The quantitative estimate of drug-likeness (QED) is 0.913. The maximum atomic E-state index is 5.44. The van der Waals surface area contributed by atoms with Crippen LogP contribution in [0.5, 0.6) is 5.75 Å². The Kier molecular flexibility index (Phi) is 4.21. The molecule has 0 amide bonds. The van der Waals surface area contributed by atoms with Gasteiger partial charge in [0.15, 0.2) is 5.75 Å². The Balaban J connectivity index is 2.53. The number of aryl methyl sites for hydroxylation is 3. The summed E-state index contributed by atoms with van der Waals surface area (Å²) in [6, 6.07) is 0.0589. The SMILES string of the molecule is CCn1ncc(OC)c1C(NC)c1sc(C)nc1C. The van der Waals surface area contributed by atoms with Crippen LogP contribution in [0.1, 0.15) is 34.2 Å². The Morgan fingerprint density at radius 2 is 2.21 bits per heavy atom. The Labute approximate surface area is 117 Å². The van der Waals surface area contributed by atoms with Crippen LogP contribution in [0.25, 0.3) is 0 Å². The maximum absolute atomic E-state index is 5.44. The van der Waals surface area contributed by atoms with Crippen LogP contribution in [0, 0.1) is 13.8 Å². The zero-order chi connectivity index (χ0) is 14.0. The van der Waals surface area contributed by atoms with E-state index in [0.29, 0.717) is 0 Å². The van der Waals surface area contributed by atoms with E-state index in [0.717, 1.165) is 28.7 Å². The summed E-state index contributed by atoms with van der Waals surface area (Å²) in [6.45, 7) is 6.96. The molecule has 1 atom stereocenters. The lowest BCUT2D eigenvalue weighted by molar-refractivity contribution is 0.401. The average Bonchev–Trinajstić information content (AvgIpc) is 2.94. The highest BCUT2D eigenvalue weighted by atomic mass is 32.1. The molecule has 6 heteroatoms. The molecule has 0 aliphatic carbocycles. The third-order valence-corrected chi connectivity index (χ3v) is 4.27. The van der Waals surface area contributed by atoms with E-state index in [9.17, 15) is 0 Å². The van der Waals surface area contributed by atoms with E-state index >= 15 is 0 Å². The minimum absolute atomic E-state index is 0.0589. The summed E-state index contributed by atoms with van der Waals surface area (Å²) in [4.78, 5) is 5.73. The fourth-order valence-electron chi connectivity index (χ4n) is 2.29. The van der Waals surface area contributed by atoms with Crippen LogP contribution in [-0.2, 0) is 6.54 Å². The first-order chi connectivity index (χ1) is 9.12. The molecule has 0 aliphatic rings. The summed E-state index contributed by atoms with van der Waals surface area (Å²) in [7, 11) is 3.63. The van der Waals surface area contributed by atoms with Crippen molar-refractivity contribution in [2.45, 2.75) is 33.4 Å². The molecule has 5 nitrogen and oxygen atoms in total. The number of hydrogen-bond donors (Lipinski definition) is 1. The molecule has 0 radical (unpaired) electrons. The first-order valence-electron chi connectivity index (χ1n) is 6.33. The largest absolute Gasteiger partial charge is 0.493 e. The highest BCUT2D eigenvalue weighted by molar-refractivity contribution is 7.11. The predicted octanol–water partition coefficient (Wildman–Crippen LogP) is 2.29. The molecule has 0 aromatic carbocycles. The van der Waals surface area contributed by atoms with Crippen LogP contribution < -0.4 is 10.1 Å². The predicted molar refractivity (Wildman–Crippen MR) is 76.9 cm³/mol. The molecule has 0 saturated carbocycles. The molecule has 2 heterocycles. The minimum Gasteiger partial charge on any atom is -0.493 e. The molecular weight excluding hydrogens is 260 g/mol. The van der Waals surface area contributed by atoms with Crippen molar-refractivity contribution in [1.29, 1.82) is 0 Å². The van der Waals surface area contributed by atoms with Crippen molar-refractivity contribution < 1.29 is 4.74 Å². The van der Waals surface area contributed by atoms with Crippen molar-refractivity contribution in [2.24, 2.45) is 0 Å². The van der Waals surface area contributed by atoms with Gasteiger partial charge in [-0.3, -0.25) is 4.68 Å². The number of nitrogens with one attached hydrogen (secondary N) is 1. The molecule has 0 bridgehead atoms. The number of aromatic nitrogens is 3. The summed E-state index contributed by atoms with van der Waals surface area (Å²) >= 11 is 1.71. The van der Waals surface area contributed by atoms with Crippen LogP contribution in [0.3, 0.4) is 0 Å². The van der Waals surface area contributed by atoms with E-state index in [1.54, 1.807) is 24.6 Å². The van der Waals surface area contributed by atoms with Gasteiger partial charge in [-0.25, -0.2) is 4.98 Å². The molecule has 19 heavy (non-hydrogen) atoms. The van der Waals surface area contributed by atoms with Crippen LogP contribution in [-0.4, -0.2) is 28.9 Å². The van der Waals surface area contributed by atoms with Crippen molar-refractivity contribution >= 4 is 11.3 Å². The Bertz CT molecular complexity index is 539. The van der Waals surface area contributed by atoms with Crippen LogP contribution in [0.4, 0.5) is 0 Å². The lowest BCUT2D eigenvalue weighted by Gasteiger charge is -2.18. The first kappa shape index (κ1) is 14.0. The van der Waals surface area contributed by atoms with Crippen molar-refractivity contribution in [2.75, 3.05) is 14.2 Å². The van der Waals surface area contributed by atoms with Gasteiger partial charge in [-0.05, 0) is 27.8 Å². The second-order valence-corrected chi connectivity index (χ2v) is 5.55. The van der Waals surface area contributed by atoms with E-state index in [4.69, 9.17) is 4.74 Å². The highest BCUT2D eigenvalue weighted by Crippen LogP contribution is 2.34. The molecule has 2 rings (SSSR count). The molecule has 1 unspecified atom stereocenters. The molecule has 1 N–H and O–H groups in total. The van der Waals surface area contributed by atoms with Gasteiger partial charge in [-0.1, -0.05) is 0 Å². The van der Waals surface area contributed by atoms with Gasteiger partial charge >= 0.3 is 0 Å². The van der Waals surface area contributed by atoms with Gasteiger partial charge in [-0.2, -0.15) is 5.10 Å². The number of rotatable bonds is 5. The molecule has 2 aromatic heterocycles. The lowest BCUT2D eigenvalue weighted by atomic mass is 10.1. The Hall–Kier alpha value is -1.40. The standard InChI is InChI=1S/C13H20N4OS/c1-6-17-12(10(18-5)7-15-17)11(14-4)13-8(2)16-9(3)19-13/h7,11,14H,6H2,1-5H3. The third-order valence-electron chi connectivity index (χ3n) is 3.13. The molecule has 2 aromatic rings. The lowest BCUT2D eigenvalue weighted by Crippen LogP contribution is -2.22. The molecule has 104 valence electrons. The summed E-state index contributed by atoms with van der Waals surface area (Å²) in [5.74, 6) is 0.812. The number of hydrogen-bond acceptors (Lipinski definition) is 5. The van der Waals surface area contributed by atoms with Gasteiger partial charge < -0.3 is 10.1 Å². The van der Waals surface area contributed by atoms with E-state index in [1.165, 1.54) is 4.88 Å². The number of thiazole rings is 1. The van der Waals surface area contributed by atoms with E-state index in [-0.39, 0.29) is 6.04 Å². The van der Waals surface area contributed by atoms with Crippen molar-refractivity contribution in [3.05, 3.63) is 27.5 Å². The topological polar surface area (TPSA) is 52.0 Å². The summed E-state index contributed by atoms with van der Waals surface area (Å²) in [6.07, 6.45) is 1.77. The molecule has 0 aliphatic heterocycles. The minimum atomic E-state index is 0.0589. The zero-order valence-corrected chi connectivity index (χ0v) is 12.8. The first-order valence-corrected chi connectivity index (χ1v) is 7.14. The number of methoxy groups -OCH3 is 1. The van der Waals surface area contributed by atoms with Crippen LogP contribution in [0.15, 0.2) is 6.20 Å². The van der Waals surface area contributed by atoms with Gasteiger partial charge in [0.25, 0.3) is 0 Å². The number of ether oxygens (including phenoxy) is 1. The fraction of sp³-hybridized carbons (Fsp3) is 0.538. The van der Waals surface area contributed by atoms with Gasteiger partial charge in [0.05, 0.1) is 34.9 Å². The highest BCUT2D eigenvalue weighted by Gasteiger charge is 2.25. The molecule has 0 spiro atoms. The van der Waals surface area contributed by atoms with Crippen molar-refractivity contribution in [3.63, 3.8) is 0 Å². The smallest absolute Gasteiger partial charge is 0.161 e. The monoisotopic (exact) mass is 280 g/mol. The number of nitrogens with zero attached hydrogens (tertiary/aromatic N) is 3. The second kappa shape index (κ2) is 5.71. The molecule has 0 fully saturated rings. The second-order valence-electron chi connectivity index (χ2n) is 4.32. The fourth-order valence-corrected chi connectivity index (χ4v) is 3.33. The van der Waals surface area contributed by atoms with Crippen LogP contribution in [0.2, 0.25) is 0 Å². The third kappa shape index (κ3) is 2.50. The summed E-state index contributed by atoms with van der Waals surface area (Å²) in [5, 5.41) is 8.80. The van der Waals surface area contributed by atoms with Crippen molar-refractivity contribution in [1.82, 2.24) is 20.1 Å². The normalized spacial score (nSPS) is 12.7. The van der Waals surface area contributed by atoms with E-state index in [1.807, 2.05) is 25.6 Å². The van der Waals surface area contributed by atoms with E-state index in [2.05, 4.69) is 22.3 Å². The maximum Gasteiger partial charge on any atom is 0.161 e. The summed E-state index contributed by atoms with van der Waals surface area (Å²) < 4.78 is 7.41. The van der Waals surface area contributed by atoms with Gasteiger partial charge in [0, 0.05) is 6.54 Å². The van der Waals surface area contributed by atoms with Crippen LogP contribution >= 0.6 is 11.3 Å². The Morgan fingerprint density at radius 3 is 2.68 bits per heavy atom. The van der Waals surface area contributed by atoms with Gasteiger partial charge in [0.1, 0.15) is 5.69 Å².